The van der Waals surface area contributed by atoms with Crippen molar-refractivity contribution < 1.29 is 0 Å². The number of hydrogen-bond donors (Lipinski definition) is 1. The number of fused-ring (bicyclic) bond motifs is 3. The van der Waals surface area contributed by atoms with Crippen molar-refractivity contribution in [3.8, 4) is 11.8 Å². The van der Waals surface area contributed by atoms with E-state index in [4.69, 9.17) is 0 Å². The van der Waals surface area contributed by atoms with Crippen LogP contribution in [0, 0.1) is 11.8 Å². The number of nitrogens with one attached hydrogen (secondary N) is 1. The van der Waals surface area contributed by atoms with E-state index in [1.54, 1.807) is 4.52 Å². The first-order chi connectivity index (χ1) is 8.83. The molecule has 3 aromatic rings. The number of nitrogens with zero attached hydrogens (tertiary/aromatic N) is 2. The SMILES string of the molecule is CCC#Cc1c2ccccc2n2nc[nH]c(=O)c12. The van der Waals surface area contributed by atoms with Gasteiger partial charge in [-0.1, -0.05) is 37.0 Å². The number of benzene rings is 1. The van der Waals surface area contributed by atoms with Crippen LogP contribution in [0.15, 0.2) is 35.4 Å². The number of aromatic nitrogens is 3. The van der Waals surface area contributed by atoms with Crippen LogP contribution >= 0.6 is 0 Å². The highest BCUT2D eigenvalue weighted by atomic mass is 16.1. The minimum absolute atomic E-state index is 0.165. The standard InChI is InChI=1S/C14H11N3O/c1-2-3-6-11-10-7-4-5-8-12(10)17-13(11)14(18)15-9-16-17/h4-5,7-9H,2H2,1H3,(H,15,16,18). The zero-order valence-electron chi connectivity index (χ0n) is 9.90. The van der Waals surface area contributed by atoms with Gasteiger partial charge >= 0.3 is 0 Å². The quantitative estimate of drug-likeness (QED) is 0.607. The summed E-state index contributed by atoms with van der Waals surface area (Å²) in [7, 11) is 0. The van der Waals surface area contributed by atoms with Crippen LogP contribution in [0.3, 0.4) is 0 Å². The maximum absolute atomic E-state index is 11.9. The number of para-hydroxylation sites is 1. The number of aromatic amines is 1. The fourth-order valence-corrected chi connectivity index (χ4v) is 2.07. The summed E-state index contributed by atoms with van der Waals surface area (Å²) in [4.78, 5) is 14.5. The Morgan fingerprint density at radius 1 is 1.39 bits per heavy atom. The molecule has 4 heteroatoms. The summed E-state index contributed by atoms with van der Waals surface area (Å²) in [6, 6.07) is 7.76. The highest BCUT2D eigenvalue weighted by Gasteiger charge is 2.12. The van der Waals surface area contributed by atoms with Crippen molar-refractivity contribution in [2.75, 3.05) is 0 Å². The molecule has 2 aromatic heterocycles. The topological polar surface area (TPSA) is 50.2 Å². The number of hydrogen-bond acceptors (Lipinski definition) is 2. The molecule has 0 atom stereocenters. The van der Waals surface area contributed by atoms with Crippen molar-refractivity contribution in [1.82, 2.24) is 14.6 Å². The fraction of sp³-hybridized carbons (Fsp3) is 0.143. The minimum atomic E-state index is -0.165. The van der Waals surface area contributed by atoms with Gasteiger partial charge in [-0.05, 0) is 6.07 Å². The maximum Gasteiger partial charge on any atom is 0.276 e. The van der Waals surface area contributed by atoms with Crippen LogP contribution in [0.1, 0.15) is 18.9 Å². The van der Waals surface area contributed by atoms with Gasteiger partial charge in [0.25, 0.3) is 5.56 Å². The van der Waals surface area contributed by atoms with E-state index in [2.05, 4.69) is 21.9 Å². The maximum atomic E-state index is 11.9. The molecule has 2 heterocycles. The lowest BCUT2D eigenvalue weighted by Crippen LogP contribution is -2.11. The van der Waals surface area contributed by atoms with Gasteiger partial charge in [0.15, 0.2) is 0 Å². The lowest BCUT2D eigenvalue weighted by atomic mass is 10.1. The first-order valence-corrected chi connectivity index (χ1v) is 5.79. The van der Waals surface area contributed by atoms with Gasteiger partial charge in [-0.3, -0.25) is 4.79 Å². The van der Waals surface area contributed by atoms with E-state index in [0.717, 1.165) is 22.9 Å². The molecule has 18 heavy (non-hydrogen) atoms. The highest BCUT2D eigenvalue weighted by molar-refractivity contribution is 5.94. The molecule has 0 spiro atoms. The molecule has 4 nitrogen and oxygen atoms in total. The summed E-state index contributed by atoms with van der Waals surface area (Å²) in [6.07, 6.45) is 2.16. The monoisotopic (exact) mass is 237 g/mol. The van der Waals surface area contributed by atoms with E-state index in [-0.39, 0.29) is 5.56 Å². The Bertz CT molecular complexity index is 846. The van der Waals surface area contributed by atoms with Gasteiger partial charge in [-0.15, -0.1) is 0 Å². The van der Waals surface area contributed by atoms with Crippen molar-refractivity contribution in [3.05, 3.63) is 46.5 Å². The first kappa shape index (κ1) is 10.6. The van der Waals surface area contributed by atoms with Gasteiger partial charge in [-0.25, -0.2) is 4.52 Å². The van der Waals surface area contributed by atoms with Gasteiger partial charge in [0.05, 0.1) is 11.1 Å². The molecule has 0 aliphatic carbocycles. The molecule has 0 bridgehead atoms. The zero-order valence-corrected chi connectivity index (χ0v) is 9.90. The zero-order chi connectivity index (χ0) is 12.5. The molecule has 0 aliphatic rings. The normalized spacial score (nSPS) is 10.5. The van der Waals surface area contributed by atoms with Crippen LogP contribution in [0.5, 0.6) is 0 Å². The average molecular weight is 237 g/mol. The lowest BCUT2D eigenvalue weighted by molar-refractivity contribution is 0.914. The van der Waals surface area contributed by atoms with Gasteiger partial charge in [-0.2, -0.15) is 5.10 Å². The second-order valence-corrected chi connectivity index (χ2v) is 3.93. The van der Waals surface area contributed by atoms with E-state index in [1.807, 2.05) is 31.2 Å². The molecule has 88 valence electrons. The smallest absolute Gasteiger partial charge is 0.276 e. The van der Waals surface area contributed by atoms with Gasteiger partial charge in [0, 0.05) is 11.8 Å². The molecule has 1 aromatic carbocycles. The molecule has 0 amide bonds. The summed E-state index contributed by atoms with van der Waals surface area (Å²) in [6.45, 7) is 1.98. The van der Waals surface area contributed by atoms with Crippen LogP contribution in [0.2, 0.25) is 0 Å². The van der Waals surface area contributed by atoms with E-state index in [0.29, 0.717) is 5.52 Å². The van der Waals surface area contributed by atoms with E-state index >= 15 is 0 Å². The predicted octanol–water partition coefficient (Wildman–Crippen LogP) is 1.94. The molecule has 1 N–H and O–H groups in total. The van der Waals surface area contributed by atoms with E-state index in [9.17, 15) is 4.79 Å². The van der Waals surface area contributed by atoms with Crippen LogP contribution in [0.25, 0.3) is 16.4 Å². The van der Waals surface area contributed by atoms with E-state index in [1.165, 1.54) is 6.33 Å². The Balaban J connectivity index is 2.59. The van der Waals surface area contributed by atoms with Gasteiger partial charge < -0.3 is 4.98 Å². The Morgan fingerprint density at radius 2 is 2.22 bits per heavy atom. The molecule has 0 aliphatic heterocycles. The third kappa shape index (κ3) is 1.41. The summed E-state index contributed by atoms with van der Waals surface area (Å²) in [5.74, 6) is 6.09. The third-order valence-corrected chi connectivity index (χ3v) is 2.82. The van der Waals surface area contributed by atoms with Gasteiger partial charge in [0.2, 0.25) is 0 Å². The molecule has 0 radical (unpaired) electrons. The average Bonchev–Trinajstić information content (AvgIpc) is 2.72. The Morgan fingerprint density at radius 3 is 3.06 bits per heavy atom. The van der Waals surface area contributed by atoms with Crippen LogP contribution in [0.4, 0.5) is 0 Å². The van der Waals surface area contributed by atoms with Crippen LogP contribution in [-0.2, 0) is 0 Å². The molecular formula is C14H11N3O. The predicted molar refractivity (Wildman–Crippen MR) is 70.5 cm³/mol. The Hall–Kier alpha value is -2.54. The number of rotatable bonds is 0. The molecule has 0 fully saturated rings. The van der Waals surface area contributed by atoms with Crippen LogP contribution < -0.4 is 5.56 Å². The largest absolute Gasteiger partial charge is 0.310 e. The first-order valence-electron chi connectivity index (χ1n) is 5.79. The van der Waals surface area contributed by atoms with Crippen molar-refractivity contribution in [2.24, 2.45) is 0 Å². The summed E-state index contributed by atoms with van der Waals surface area (Å²) in [5, 5.41) is 5.15. The third-order valence-electron chi connectivity index (χ3n) is 2.82. The lowest BCUT2D eigenvalue weighted by Gasteiger charge is -1.92. The fourth-order valence-electron chi connectivity index (χ4n) is 2.07. The minimum Gasteiger partial charge on any atom is -0.310 e. The molecule has 0 unspecified atom stereocenters. The van der Waals surface area contributed by atoms with Crippen molar-refractivity contribution in [3.63, 3.8) is 0 Å². The van der Waals surface area contributed by atoms with Gasteiger partial charge in [0.1, 0.15) is 11.8 Å². The van der Waals surface area contributed by atoms with Crippen molar-refractivity contribution >= 4 is 16.4 Å². The molecule has 0 saturated heterocycles. The Kier molecular flexibility index (Phi) is 2.38. The molecule has 0 saturated carbocycles. The summed E-state index contributed by atoms with van der Waals surface area (Å²) < 4.78 is 1.65. The Labute approximate surface area is 103 Å². The highest BCUT2D eigenvalue weighted by Crippen LogP contribution is 2.22. The van der Waals surface area contributed by atoms with E-state index < -0.39 is 0 Å². The van der Waals surface area contributed by atoms with Crippen molar-refractivity contribution in [2.45, 2.75) is 13.3 Å². The van der Waals surface area contributed by atoms with Crippen molar-refractivity contribution in [1.29, 1.82) is 0 Å². The summed E-state index contributed by atoms with van der Waals surface area (Å²) in [5.41, 5.74) is 2.00. The molecular weight excluding hydrogens is 226 g/mol. The molecule has 3 rings (SSSR count). The number of H-pyrrole nitrogens is 1. The second kappa shape index (κ2) is 4.04. The van der Waals surface area contributed by atoms with Crippen LogP contribution in [-0.4, -0.2) is 14.6 Å². The second-order valence-electron chi connectivity index (χ2n) is 3.93. The summed E-state index contributed by atoms with van der Waals surface area (Å²) >= 11 is 0.